The monoisotopic (exact) mass is 1620 g/mol. The molecule has 0 radical (unpaired) electrons. The van der Waals surface area contributed by atoms with Crippen LogP contribution in [0.5, 0.6) is 0 Å². The van der Waals surface area contributed by atoms with Gasteiger partial charge in [0.15, 0.2) is 0 Å². The number of benzene rings is 20. The summed E-state index contributed by atoms with van der Waals surface area (Å²) in [5.41, 5.74) is 59.0. The summed E-state index contributed by atoms with van der Waals surface area (Å²) < 4.78 is 0. The van der Waals surface area contributed by atoms with E-state index in [1.807, 2.05) is 0 Å². The van der Waals surface area contributed by atoms with Crippen LogP contribution >= 0.6 is 0 Å². The number of hydrogen-bond acceptors (Lipinski definition) is 0. The SMILES string of the molecule is Cc1ccc(-c2ccccc2)c2c1-c1ccccc1C21c2ccccc2-c2ccccc21.Cc1cccc2c1-c1c(-c3ccccc3)cccc1C21c2ccccc2-c2ccccc21.Cc1cccc2c1-c1cc(-c3ccccc3)ccc1C21c2ccccc2-c2ccccc21.Cc1cccc2c1-c1cccc(-c3ccccc3)c1C21c2ccccc2-c2ccccc21. The van der Waals surface area contributed by atoms with Gasteiger partial charge >= 0.3 is 0 Å². The molecule has 0 unspecified atom stereocenters. The van der Waals surface area contributed by atoms with Gasteiger partial charge < -0.3 is 0 Å². The molecule has 0 bridgehead atoms. The van der Waals surface area contributed by atoms with Gasteiger partial charge in [0.1, 0.15) is 0 Å². The van der Waals surface area contributed by atoms with E-state index in [1.165, 1.54) is 245 Å². The van der Waals surface area contributed by atoms with E-state index in [2.05, 4.69) is 489 Å². The molecule has 128 heavy (non-hydrogen) atoms. The Labute approximate surface area is 749 Å². The summed E-state index contributed by atoms with van der Waals surface area (Å²) in [6.07, 6.45) is 0. The van der Waals surface area contributed by atoms with E-state index in [0.29, 0.717) is 0 Å². The summed E-state index contributed by atoms with van der Waals surface area (Å²) >= 11 is 0. The average Bonchev–Trinajstić information content (AvgIpc) is 1.52. The van der Waals surface area contributed by atoms with E-state index in [1.54, 1.807) is 0 Å². The predicted molar refractivity (Wildman–Crippen MR) is 532 cm³/mol. The van der Waals surface area contributed by atoms with Crippen molar-refractivity contribution in [2.45, 2.75) is 49.4 Å². The lowest BCUT2D eigenvalue weighted by molar-refractivity contribution is 0.793. The molecule has 0 saturated carbocycles. The molecule has 0 aliphatic heterocycles. The van der Waals surface area contributed by atoms with Crippen molar-refractivity contribution in [2.24, 2.45) is 0 Å². The van der Waals surface area contributed by atoms with Crippen LogP contribution < -0.4 is 0 Å². The predicted octanol–water partition coefficient (Wildman–Crippen LogP) is 32.0. The Balaban J connectivity index is 0.0000000926. The summed E-state index contributed by atoms with van der Waals surface area (Å²) in [5, 5.41) is 0. The molecular formula is C128H88. The van der Waals surface area contributed by atoms with Crippen LogP contribution in [-0.4, -0.2) is 0 Å². The molecule has 0 atom stereocenters. The molecule has 600 valence electrons. The smallest absolute Gasteiger partial charge is 0.0622 e. The van der Waals surface area contributed by atoms with Crippen molar-refractivity contribution in [2.75, 3.05) is 0 Å². The Morgan fingerprint density at radius 3 is 0.797 bits per heavy atom. The Bertz CT molecular complexity index is 7680. The van der Waals surface area contributed by atoms with Crippen molar-refractivity contribution < 1.29 is 0 Å². The average molecular weight is 1630 g/mol. The zero-order valence-corrected chi connectivity index (χ0v) is 71.9. The van der Waals surface area contributed by atoms with Gasteiger partial charge in [-0.25, -0.2) is 0 Å². The summed E-state index contributed by atoms with van der Waals surface area (Å²) in [6, 6.07) is 170. The van der Waals surface area contributed by atoms with E-state index in [0.717, 1.165) is 0 Å². The molecule has 0 fully saturated rings. The van der Waals surface area contributed by atoms with Crippen molar-refractivity contribution >= 4 is 0 Å². The molecule has 0 saturated heterocycles. The zero-order chi connectivity index (χ0) is 85.1. The van der Waals surface area contributed by atoms with Crippen LogP contribution in [0, 0.1) is 27.7 Å². The van der Waals surface area contributed by atoms with Crippen molar-refractivity contribution in [1.82, 2.24) is 0 Å². The molecule has 0 nitrogen and oxygen atoms in total. The topological polar surface area (TPSA) is 0 Å². The molecular weight excluding hydrogens is 1540 g/mol. The third kappa shape index (κ3) is 10.2. The van der Waals surface area contributed by atoms with Gasteiger partial charge in [-0.1, -0.05) is 455 Å². The Hall–Kier alpha value is -15.6. The maximum atomic E-state index is 2.41. The molecule has 0 heterocycles. The second kappa shape index (κ2) is 29.0. The fraction of sp³-hybridized carbons (Fsp3) is 0.0625. The first-order valence-corrected chi connectivity index (χ1v) is 45.2. The second-order valence-corrected chi connectivity index (χ2v) is 35.8. The first-order chi connectivity index (χ1) is 63.2. The standard InChI is InChI=1S/4C32H22/c1-21-19-20-23(22-11-3-2-4-12-22)31-30(21)26-15-7-10-18-29(26)32(31)27-16-8-5-13-24(27)25-14-6-9-17-28(25)32;1-21-11-9-20-29-30(21)26-17-10-16-23(22-12-3-2-4-13-22)31(26)32(29)27-18-7-5-14-24(27)25-15-6-8-19-28(25)32;1-21-11-9-19-28-30(21)31-23(22-12-3-2-4-13-22)16-10-20-29(31)32(28)26-17-7-5-14-24(26)25-15-6-8-18-27(25)32;1-21-10-9-17-30-31(21)26-20-23(22-11-3-2-4-12-22)18-19-29(26)32(30)27-15-7-5-13-24(27)25-14-6-8-16-28(25)32/h4*2-20H,1H3. The molecule has 4 spiro atoms. The highest BCUT2D eigenvalue weighted by Crippen LogP contribution is 2.70. The van der Waals surface area contributed by atoms with Crippen LogP contribution in [-0.2, 0) is 21.7 Å². The number of fused-ring (bicyclic) bond motifs is 40. The van der Waals surface area contributed by atoms with Crippen LogP contribution in [0.25, 0.3) is 134 Å². The number of rotatable bonds is 4. The van der Waals surface area contributed by atoms with Gasteiger partial charge in [0.25, 0.3) is 0 Å². The van der Waals surface area contributed by atoms with Gasteiger partial charge in [-0.2, -0.15) is 0 Å². The molecule has 0 aromatic heterocycles. The van der Waals surface area contributed by atoms with E-state index in [-0.39, 0.29) is 21.7 Å². The lowest BCUT2D eigenvalue weighted by Crippen LogP contribution is -2.26. The third-order valence-electron chi connectivity index (χ3n) is 29.7. The van der Waals surface area contributed by atoms with Gasteiger partial charge in [0.05, 0.1) is 21.7 Å². The Kier molecular flexibility index (Phi) is 17.0. The lowest BCUT2D eigenvalue weighted by atomic mass is 9.68. The summed E-state index contributed by atoms with van der Waals surface area (Å²) in [6.45, 7) is 9.03. The third-order valence-corrected chi connectivity index (χ3v) is 29.7. The van der Waals surface area contributed by atoms with Crippen molar-refractivity contribution in [1.29, 1.82) is 0 Å². The minimum absolute atomic E-state index is 0.251. The fourth-order valence-corrected chi connectivity index (χ4v) is 25.0. The number of hydrogen-bond donors (Lipinski definition) is 0. The fourth-order valence-electron chi connectivity index (χ4n) is 25.0. The van der Waals surface area contributed by atoms with Crippen molar-refractivity contribution in [3.8, 4) is 134 Å². The molecule has 20 aromatic rings. The number of aryl methyl sites for hydroxylation is 4. The zero-order valence-electron chi connectivity index (χ0n) is 71.9. The highest BCUT2D eigenvalue weighted by molar-refractivity contribution is 6.05. The first-order valence-electron chi connectivity index (χ1n) is 45.2. The van der Waals surface area contributed by atoms with Gasteiger partial charge in [-0.05, 0) is 279 Å². The normalized spacial score (nSPS) is 14.0. The van der Waals surface area contributed by atoms with Crippen LogP contribution in [0.4, 0.5) is 0 Å². The van der Waals surface area contributed by atoms with Crippen LogP contribution in [0.1, 0.15) is 111 Å². The molecule has 0 amide bonds. The van der Waals surface area contributed by atoms with Crippen molar-refractivity contribution in [3.05, 3.63) is 572 Å². The molecule has 8 aliphatic rings. The van der Waals surface area contributed by atoms with Gasteiger partial charge in [0, 0.05) is 0 Å². The maximum absolute atomic E-state index is 2.41. The van der Waals surface area contributed by atoms with E-state index < -0.39 is 0 Å². The Morgan fingerprint density at radius 2 is 0.367 bits per heavy atom. The quantitative estimate of drug-likeness (QED) is 0.165. The lowest BCUT2D eigenvalue weighted by Gasteiger charge is -2.32. The molecule has 20 aromatic carbocycles. The summed E-state index contributed by atoms with van der Waals surface area (Å²) in [5.74, 6) is 0. The summed E-state index contributed by atoms with van der Waals surface area (Å²) in [7, 11) is 0. The summed E-state index contributed by atoms with van der Waals surface area (Å²) in [4.78, 5) is 0. The largest absolute Gasteiger partial charge is 0.0731 e. The Morgan fingerprint density at radius 1 is 0.117 bits per heavy atom. The van der Waals surface area contributed by atoms with E-state index >= 15 is 0 Å². The molecule has 0 heteroatoms. The minimum atomic E-state index is -0.295. The maximum Gasteiger partial charge on any atom is 0.0731 e. The highest BCUT2D eigenvalue weighted by atomic mass is 14.6. The molecule has 8 aliphatic carbocycles. The molecule has 0 N–H and O–H groups in total. The van der Waals surface area contributed by atoms with E-state index in [4.69, 9.17) is 0 Å². The second-order valence-electron chi connectivity index (χ2n) is 35.8. The van der Waals surface area contributed by atoms with Gasteiger partial charge in [-0.3, -0.25) is 0 Å². The first kappa shape index (κ1) is 75.0. The minimum Gasteiger partial charge on any atom is -0.0622 e. The van der Waals surface area contributed by atoms with Crippen LogP contribution in [0.2, 0.25) is 0 Å². The van der Waals surface area contributed by atoms with Crippen molar-refractivity contribution in [3.63, 3.8) is 0 Å². The highest BCUT2D eigenvalue weighted by Gasteiger charge is 2.57. The van der Waals surface area contributed by atoms with Gasteiger partial charge in [0.2, 0.25) is 0 Å². The van der Waals surface area contributed by atoms with Crippen LogP contribution in [0.15, 0.2) is 461 Å². The molecule has 28 rings (SSSR count). The van der Waals surface area contributed by atoms with Crippen LogP contribution in [0.3, 0.4) is 0 Å². The van der Waals surface area contributed by atoms with E-state index in [9.17, 15) is 0 Å². The van der Waals surface area contributed by atoms with Gasteiger partial charge in [-0.15, -0.1) is 0 Å².